The lowest BCUT2D eigenvalue weighted by molar-refractivity contribution is 0.212. The Hall–Kier alpha value is -3.35. The predicted octanol–water partition coefficient (Wildman–Crippen LogP) is 2.87. The SMILES string of the molecule is Nc1ccc(-c2ccco2)nc1NC(=O)N1Cc2ccncc2C1. The van der Waals surface area contributed by atoms with Gasteiger partial charge in [-0.25, -0.2) is 9.78 Å². The summed E-state index contributed by atoms with van der Waals surface area (Å²) in [6.07, 6.45) is 5.08. The largest absolute Gasteiger partial charge is 0.463 e. The molecule has 1 aliphatic rings. The molecule has 1 aliphatic heterocycles. The van der Waals surface area contributed by atoms with Crippen LogP contribution in [0.15, 0.2) is 53.4 Å². The lowest BCUT2D eigenvalue weighted by Crippen LogP contribution is -2.30. The quantitative estimate of drug-likeness (QED) is 0.756. The number of nitrogen functional groups attached to an aromatic ring is 1. The van der Waals surface area contributed by atoms with E-state index in [1.807, 2.05) is 6.07 Å². The van der Waals surface area contributed by atoms with Gasteiger partial charge in [0.15, 0.2) is 11.6 Å². The number of nitrogens with two attached hydrogens (primary N) is 1. The Labute approximate surface area is 138 Å². The van der Waals surface area contributed by atoms with Crippen molar-refractivity contribution >= 4 is 17.5 Å². The standard InChI is InChI=1S/C17H15N5O2/c18-13-3-4-14(15-2-1-7-24-15)20-16(13)21-17(23)22-9-11-5-6-19-8-12(11)10-22/h1-8H,9-10,18H2,(H,20,21,23). The molecule has 7 heteroatoms. The molecular weight excluding hydrogens is 306 g/mol. The maximum Gasteiger partial charge on any atom is 0.323 e. The Morgan fingerprint density at radius 1 is 1.21 bits per heavy atom. The number of amides is 2. The van der Waals surface area contributed by atoms with E-state index in [9.17, 15) is 4.79 Å². The highest BCUT2D eigenvalue weighted by atomic mass is 16.3. The second kappa shape index (κ2) is 5.69. The number of anilines is 2. The van der Waals surface area contributed by atoms with Crippen molar-refractivity contribution in [3.8, 4) is 11.5 Å². The fourth-order valence-electron chi connectivity index (χ4n) is 2.68. The summed E-state index contributed by atoms with van der Waals surface area (Å²) in [5.41, 5.74) is 9.10. The van der Waals surface area contributed by atoms with Gasteiger partial charge in [0.1, 0.15) is 5.69 Å². The molecule has 7 nitrogen and oxygen atoms in total. The number of nitrogens with one attached hydrogen (secondary N) is 1. The van der Waals surface area contributed by atoms with Crippen LogP contribution >= 0.6 is 0 Å². The Morgan fingerprint density at radius 2 is 2.08 bits per heavy atom. The summed E-state index contributed by atoms with van der Waals surface area (Å²) < 4.78 is 5.33. The number of urea groups is 1. The molecule has 3 N–H and O–H groups in total. The molecule has 3 aromatic heterocycles. The lowest BCUT2D eigenvalue weighted by Gasteiger charge is -2.17. The van der Waals surface area contributed by atoms with Crippen molar-refractivity contribution in [1.82, 2.24) is 14.9 Å². The van der Waals surface area contributed by atoms with Crippen LogP contribution < -0.4 is 11.1 Å². The van der Waals surface area contributed by atoms with Crippen molar-refractivity contribution in [2.45, 2.75) is 13.1 Å². The first-order valence-corrected chi connectivity index (χ1v) is 7.49. The highest BCUT2D eigenvalue weighted by Crippen LogP contribution is 2.26. The van der Waals surface area contributed by atoms with Crippen LogP contribution in [0.2, 0.25) is 0 Å². The van der Waals surface area contributed by atoms with Crippen LogP contribution in [-0.2, 0) is 13.1 Å². The van der Waals surface area contributed by atoms with E-state index in [0.717, 1.165) is 11.1 Å². The maximum absolute atomic E-state index is 12.5. The van der Waals surface area contributed by atoms with E-state index in [2.05, 4.69) is 15.3 Å². The van der Waals surface area contributed by atoms with Gasteiger partial charge in [-0.05, 0) is 41.5 Å². The fraction of sp³-hybridized carbons (Fsp3) is 0.118. The molecular formula is C17H15N5O2. The molecule has 0 saturated carbocycles. The molecule has 0 fully saturated rings. The minimum absolute atomic E-state index is 0.248. The third-order valence-electron chi connectivity index (χ3n) is 3.94. The molecule has 4 rings (SSSR count). The zero-order valence-electron chi connectivity index (χ0n) is 12.8. The molecule has 0 aliphatic carbocycles. The van der Waals surface area contributed by atoms with Crippen LogP contribution in [0.3, 0.4) is 0 Å². The Morgan fingerprint density at radius 3 is 2.88 bits per heavy atom. The van der Waals surface area contributed by atoms with Gasteiger partial charge in [-0.1, -0.05) is 0 Å². The van der Waals surface area contributed by atoms with E-state index < -0.39 is 0 Å². The summed E-state index contributed by atoms with van der Waals surface area (Å²) in [6, 6.07) is 8.70. The smallest absolute Gasteiger partial charge is 0.323 e. The number of pyridine rings is 2. The third-order valence-corrected chi connectivity index (χ3v) is 3.94. The van der Waals surface area contributed by atoms with Crippen LogP contribution in [0.25, 0.3) is 11.5 Å². The molecule has 0 radical (unpaired) electrons. The third kappa shape index (κ3) is 2.56. The predicted molar refractivity (Wildman–Crippen MR) is 88.9 cm³/mol. The van der Waals surface area contributed by atoms with Gasteiger partial charge in [0.05, 0.1) is 12.0 Å². The number of fused-ring (bicyclic) bond motifs is 1. The lowest BCUT2D eigenvalue weighted by atomic mass is 10.2. The van der Waals surface area contributed by atoms with Crippen molar-refractivity contribution in [3.05, 3.63) is 60.1 Å². The molecule has 0 spiro atoms. The summed E-state index contributed by atoms with van der Waals surface area (Å²) in [4.78, 5) is 22.7. The van der Waals surface area contributed by atoms with Crippen molar-refractivity contribution in [3.63, 3.8) is 0 Å². The molecule has 0 unspecified atom stereocenters. The molecule has 0 atom stereocenters. The van der Waals surface area contributed by atoms with Gasteiger partial charge in [0.2, 0.25) is 0 Å². The number of carbonyl (C=O) groups excluding carboxylic acids is 1. The van der Waals surface area contributed by atoms with Crippen molar-refractivity contribution in [1.29, 1.82) is 0 Å². The summed E-state index contributed by atoms with van der Waals surface area (Å²) >= 11 is 0. The Bertz CT molecular complexity index is 867. The average Bonchev–Trinajstić information content (AvgIpc) is 3.26. The monoisotopic (exact) mass is 321 g/mol. The first-order chi connectivity index (χ1) is 11.7. The summed E-state index contributed by atoms with van der Waals surface area (Å²) in [5, 5.41) is 2.78. The molecule has 0 saturated heterocycles. The fourth-order valence-corrected chi connectivity index (χ4v) is 2.68. The van der Waals surface area contributed by atoms with Crippen molar-refractivity contribution in [2.75, 3.05) is 11.1 Å². The van der Waals surface area contributed by atoms with Crippen LogP contribution in [0.4, 0.5) is 16.3 Å². The van der Waals surface area contributed by atoms with Crippen molar-refractivity contribution < 1.29 is 9.21 Å². The number of hydrogen-bond acceptors (Lipinski definition) is 5. The van der Waals surface area contributed by atoms with Gasteiger partial charge < -0.3 is 15.1 Å². The first-order valence-electron chi connectivity index (χ1n) is 7.49. The van der Waals surface area contributed by atoms with Gasteiger partial charge >= 0.3 is 6.03 Å². The van der Waals surface area contributed by atoms with Crippen LogP contribution in [0.5, 0.6) is 0 Å². The van der Waals surface area contributed by atoms with Gasteiger partial charge in [-0.3, -0.25) is 10.3 Å². The van der Waals surface area contributed by atoms with Gasteiger partial charge in [-0.15, -0.1) is 0 Å². The van der Waals surface area contributed by atoms with Gasteiger partial charge in [0, 0.05) is 25.5 Å². The molecule has 0 aromatic carbocycles. The molecule has 3 aromatic rings. The topological polar surface area (TPSA) is 97.3 Å². The van der Waals surface area contributed by atoms with E-state index in [-0.39, 0.29) is 6.03 Å². The highest BCUT2D eigenvalue weighted by molar-refractivity contribution is 5.92. The summed E-state index contributed by atoms with van der Waals surface area (Å²) in [5.74, 6) is 0.938. The maximum atomic E-state index is 12.5. The molecule has 0 bridgehead atoms. The van der Waals surface area contributed by atoms with E-state index >= 15 is 0 Å². The van der Waals surface area contributed by atoms with E-state index in [1.54, 1.807) is 47.8 Å². The van der Waals surface area contributed by atoms with Gasteiger partial charge in [0.25, 0.3) is 0 Å². The van der Waals surface area contributed by atoms with Crippen molar-refractivity contribution in [2.24, 2.45) is 0 Å². The number of rotatable bonds is 2. The van der Waals surface area contributed by atoms with E-state index in [0.29, 0.717) is 36.0 Å². The van der Waals surface area contributed by atoms with E-state index in [1.165, 1.54) is 0 Å². The van der Waals surface area contributed by atoms with Crippen LogP contribution in [-0.4, -0.2) is 20.9 Å². The second-order valence-corrected chi connectivity index (χ2v) is 5.54. The molecule has 24 heavy (non-hydrogen) atoms. The van der Waals surface area contributed by atoms with Crippen LogP contribution in [0, 0.1) is 0 Å². The zero-order valence-corrected chi connectivity index (χ0v) is 12.8. The normalized spacial score (nSPS) is 12.9. The average molecular weight is 321 g/mol. The molecule has 4 heterocycles. The Kier molecular flexibility index (Phi) is 3.38. The zero-order chi connectivity index (χ0) is 16.5. The summed E-state index contributed by atoms with van der Waals surface area (Å²) in [7, 11) is 0. The number of nitrogens with zero attached hydrogens (tertiary/aromatic N) is 3. The minimum atomic E-state index is -0.248. The number of hydrogen-bond donors (Lipinski definition) is 2. The van der Waals surface area contributed by atoms with Crippen LogP contribution in [0.1, 0.15) is 11.1 Å². The van der Waals surface area contributed by atoms with Gasteiger partial charge in [-0.2, -0.15) is 0 Å². The highest BCUT2D eigenvalue weighted by Gasteiger charge is 2.24. The number of aromatic nitrogens is 2. The number of furan rings is 1. The first kappa shape index (κ1) is 14.3. The Balaban J connectivity index is 1.53. The molecule has 120 valence electrons. The number of carbonyl (C=O) groups is 1. The van der Waals surface area contributed by atoms with E-state index in [4.69, 9.17) is 10.2 Å². The molecule has 2 amide bonds. The minimum Gasteiger partial charge on any atom is -0.463 e. The summed E-state index contributed by atoms with van der Waals surface area (Å²) in [6.45, 7) is 1.06. The second-order valence-electron chi connectivity index (χ2n) is 5.54.